The van der Waals surface area contributed by atoms with Gasteiger partial charge in [0.2, 0.25) is 0 Å². The summed E-state index contributed by atoms with van der Waals surface area (Å²) >= 11 is 0. The topological polar surface area (TPSA) is 70.1 Å². The Morgan fingerprint density at radius 3 is 2.62 bits per heavy atom. The fraction of sp³-hybridized carbons (Fsp3) is 0.214. The minimum Gasteiger partial charge on any atom is -0.351 e. The number of aromatic nitrogens is 2. The van der Waals surface area contributed by atoms with E-state index >= 15 is 0 Å². The van der Waals surface area contributed by atoms with Crippen molar-refractivity contribution in [3.8, 4) is 0 Å². The Kier molecular flexibility index (Phi) is 6.97. The molecule has 0 aliphatic carbocycles. The van der Waals surface area contributed by atoms with Gasteiger partial charge < -0.3 is 19.8 Å². The monoisotopic (exact) mass is 454 g/mol. The fourth-order valence-electron chi connectivity index (χ4n) is 4.03. The van der Waals surface area contributed by atoms with E-state index in [9.17, 15) is 9.59 Å². The lowest BCUT2D eigenvalue weighted by Gasteiger charge is -2.26. The highest BCUT2D eigenvalue weighted by Gasteiger charge is 2.21. The molecule has 6 heteroatoms. The number of carbonyl (C=O) groups is 2. The molecular weight excluding hydrogens is 424 g/mol. The number of aryl methyl sites for hydroxylation is 2. The van der Waals surface area contributed by atoms with Crippen molar-refractivity contribution < 1.29 is 9.59 Å². The van der Waals surface area contributed by atoms with Crippen molar-refractivity contribution >= 4 is 28.8 Å². The molecule has 0 saturated carbocycles. The molecule has 2 heterocycles. The lowest BCUT2D eigenvalue weighted by Crippen LogP contribution is -2.39. The van der Waals surface area contributed by atoms with Crippen LogP contribution in [0.5, 0.6) is 0 Å². The van der Waals surface area contributed by atoms with Crippen molar-refractivity contribution in [1.29, 1.82) is 0 Å². The molecule has 2 N–H and O–H groups in total. The first kappa shape index (κ1) is 23.1. The third kappa shape index (κ3) is 5.29. The number of amides is 2. The highest BCUT2D eigenvalue weighted by molar-refractivity contribution is 5.98. The third-order valence-electron chi connectivity index (χ3n) is 6.04. The van der Waals surface area contributed by atoms with E-state index in [1.165, 1.54) is 0 Å². The van der Waals surface area contributed by atoms with E-state index in [-0.39, 0.29) is 17.9 Å². The second kappa shape index (κ2) is 10.3. The molecule has 174 valence electrons. The quantitative estimate of drug-likeness (QED) is 0.402. The van der Waals surface area contributed by atoms with Crippen molar-refractivity contribution in [3.05, 3.63) is 102 Å². The van der Waals surface area contributed by atoms with Crippen LogP contribution in [0.2, 0.25) is 0 Å². The van der Waals surface area contributed by atoms with E-state index in [1.807, 2.05) is 86.9 Å². The van der Waals surface area contributed by atoms with Crippen molar-refractivity contribution in [2.45, 2.75) is 19.4 Å². The zero-order chi connectivity index (χ0) is 24.1. The average molecular weight is 455 g/mol. The van der Waals surface area contributed by atoms with Gasteiger partial charge in [0, 0.05) is 37.7 Å². The summed E-state index contributed by atoms with van der Waals surface area (Å²) in [6, 6.07) is 21.4. The maximum absolute atomic E-state index is 13.4. The Bertz CT molecular complexity index is 1320. The summed E-state index contributed by atoms with van der Waals surface area (Å²) < 4.78 is 1.79. The zero-order valence-corrected chi connectivity index (χ0v) is 19.8. The van der Waals surface area contributed by atoms with Gasteiger partial charge in [-0.1, -0.05) is 54.1 Å². The lowest BCUT2D eigenvalue weighted by molar-refractivity contribution is 0.0750. The number of fused-ring (bicyclic) bond motifs is 1. The van der Waals surface area contributed by atoms with Gasteiger partial charge in [-0.05, 0) is 49.2 Å². The fourth-order valence-corrected chi connectivity index (χ4v) is 4.03. The maximum atomic E-state index is 13.4. The number of H-pyrrole nitrogens is 1. The van der Waals surface area contributed by atoms with Gasteiger partial charge in [0.05, 0.1) is 6.04 Å². The van der Waals surface area contributed by atoms with E-state index in [0.29, 0.717) is 24.4 Å². The number of nitrogens with zero attached hydrogens (tertiary/aromatic N) is 2. The highest BCUT2D eigenvalue weighted by atomic mass is 16.2. The van der Waals surface area contributed by atoms with Crippen LogP contribution < -0.4 is 5.32 Å². The van der Waals surface area contributed by atoms with E-state index < -0.39 is 0 Å². The molecular formula is C28H30N4O2. The molecule has 4 rings (SSSR count). The molecule has 0 saturated heterocycles. The number of nitrogens with one attached hydrogen (secondary N) is 2. The number of benzene rings is 2. The molecule has 1 unspecified atom stereocenters. The lowest BCUT2D eigenvalue weighted by atomic mass is 10.1. The van der Waals surface area contributed by atoms with Gasteiger partial charge in [-0.15, -0.1) is 0 Å². The van der Waals surface area contributed by atoms with Gasteiger partial charge in [0.1, 0.15) is 11.4 Å². The Hall–Kier alpha value is -4.06. The molecule has 0 aliphatic rings. The van der Waals surface area contributed by atoms with Crippen LogP contribution in [0.25, 0.3) is 17.0 Å². The van der Waals surface area contributed by atoms with Gasteiger partial charge in [0.25, 0.3) is 11.8 Å². The van der Waals surface area contributed by atoms with E-state index in [4.69, 9.17) is 0 Å². The van der Waals surface area contributed by atoms with Gasteiger partial charge in [-0.2, -0.15) is 0 Å². The first-order chi connectivity index (χ1) is 16.4. The molecule has 2 aromatic heterocycles. The molecule has 2 amide bonds. The first-order valence-corrected chi connectivity index (χ1v) is 11.4. The second-order valence-corrected chi connectivity index (χ2v) is 8.58. The number of hydrogen-bond acceptors (Lipinski definition) is 2. The predicted molar refractivity (Wildman–Crippen MR) is 137 cm³/mol. The standard InChI is InChI=1S/C28H30N4O2/c1-20-11-14-24-22(18-20)19-25(30-24)28(34)32(3)23(13-12-21-8-5-4-6-9-21)15-16-29-27(33)26-10-7-17-31(26)2/h4-14,17-19,23,30H,15-16H2,1-3H3,(H,29,33). The highest BCUT2D eigenvalue weighted by Crippen LogP contribution is 2.19. The van der Waals surface area contributed by atoms with Crippen LogP contribution in [-0.4, -0.2) is 45.9 Å². The summed E-state index contributed by atoms with van der Waals surface area (Å²) in [5.74, 6) is -0.219. The van der Waals surface area contributed by atoms with Crippen molar-refractivity contribution in [1.82, 2.24) is 19.8 Å². The van der Waals surface area contributed by atoms with Crippen molar-refractivity contribution in [3.63, 3.8) is 0 Å². The predicted octanol–water partition coefficient (Wildman–Crippen LogP) is 4.79. The van der Waals surface area contributed by atoms with Crippen LogP contribution in [0.1, 0.15) is 38.5 Å². The molecule has 2 aromatic carbocycles. The SMILES string of the molecule is Cc1ccc2[nH]c(C(=O)N(C)C(C=Cc3ccccc3)CCNC(=O)c3cccn3C)cc2c1. The summed E-state index contributed by atoms with van der Waals surface area (Å²) in [5, 5.41) is 3.99. The number of rotatable bonds is 8. The molecule has 6 nitrogen and oxygen atoms in total. The largest absolute Gasteiger partial charge is 0.351 e. The summed E-state index contributed by atoms with van der Waals surface area (Å²) in [4.78, 5) is 30.8. The molecule has 1 atom stereocenters. The molecule has 34 heavy (non-hydrogen) atoms. The minimum atomic E-state index is -0.199. The zero-order valence-electron chi connectivity index (χ0n) is 19.8. The molecule has 0 radical (unpaired) electrons. The van der Waals surface area contributed by atoms with Crippen molar-refractivity contribution in [2.75, 3.05) is 13.6 Å². The smallest absolute Gasteiger partial charge is 0.270 e. The molecule has 0 bridgehead atoms. The molecule has 0 aliphatic heterocycles. The molecule has 4 aromatic rings. The maximum Gasteiger partial charge on any atom is 0.270 e. The van der Waals surface area contributed by atoms with E-state index in [0.717, 1.165) is 22.0 Å². The number of hydrogen-bond donors (Lipinski definition) is 2. The third-order valence-corrected chi connectivity index (χ3v) is 6.04. The number of carbonyl (C=O) groups excluding carboxylic acids is 2. The van der Waals surface area contributed by atoms with Crippen LogP contribution >= 0.6 is 0 Å². The van der Waals surface area contributed by atoms with Crippen LogP contribution in [0.4, 0.5) is 0 Å². The average Bonchev–Trinajstić information content (AvgIpc) is 3.46. The van der Waals surface area contributed by atoms with E-state index in [2.05, 4.69) is 16.4 Å². The molecule has 0 fully saturated rings. The van der Waals surface area contributed by atoms with Gasteiger partial charge in [0.15, 0.2) is 0 Å². The molecule has 0 spiro atoms. The summed E-state index contributed by atoms with van der Waals surface area (Å²) in [5.41, 5.74) is 4.30. The second-order valence-electron chi connectivity index (χ2n) is 8.58. The minimum absolute atomic E-state index is 0.0923. The number of aromatic amines is 1. The summed E-state index contributed by atoms with van der Waals surface area (Å²) in [6.07, 6.45) is 6.46. The van der Waals surface area contributed by atoms with Crippen LogP contribution in [-0.2, 0) is 7.05 Å². The van der Waals surface area contributed by atoms with Crippen LogP contribution in [0.3, 0.4) is 0 Å². The van der Waals surface area contributed by atoms with Crippen LogP contribution in [0.15, 0.2) is 79.0 Å². The number of likely N-dealkylation sites (N-methyl/N-ethyl adjacent to an activating group) is 1. The Morgan fingerprint density at radius 2 is 1.88 bits per heavy atom. The summed E-state index contributed by atoms with van der Waals surface area (Å²) in [7, 11) is 3.65. The first-order valence-electron chi connectivity index (χ1n) is 11.4. The Labute approximate surface area is 199 Å². The van der Waals surface area contributed by atoms with Gasteiger partial charge in [-0.3, -0.25) is 9.59 Å². The normalized spacial score (nSPS) is 12.2. The van der Waals surface area contributed by atoms with Crippen molar-refractivity contribution in [2.24, 2.45) is 7.05 Å². The Balaban J connectivity index is 1.50. The summed E-state index contributed by atoms with van der Waals surface area (Å²) in [6.45, 7) is 2.48. The van der Waals surface area contributed by atoms with E-state index in [1.54, 1.807) is 22.6 Å². The van der Waals surface area contributed by atoms with Crippen LogP contribution in [0, 0.1) is 6.92 Å². The van der Waals surface area contributed by atoms with Gasteiger partial charge in [-0.25, -0.2) is 0 Å². The van der Waals surface area contributed by atoms with Gasteiger partial charge >= 0.3 is 0 Å². The Morgan fingerprint density at radius 1 is 1.09 bits per heavy atom.